The number of fused-ring (bicyclic) bond motifs is 3. The summed E-state index contributed by atoms with van der Waals surface area (Å²) in [5, 5.41) is 8.57. The fourth-order valence-electron chi connectivity index (χ4n) is 2.51. The number of nitrogen functional groups attached to an aromatic ring is 1. The molecule has 0 radical (unpaired) electrons. The van der Waals surface area contributed by atoms with E-state index >= 15 is 0 Å². The molecule has 0 amide bonds. The largest absolute Gasteiger partial charge is 0.399 e. The Kier molecular flexibility index (Phi) is 2.09. The zero-order valence-electron chi connectivity index (χ0n) is 10.9. The second-order valence-corrected chi connectivity index (χ2v) is 4.70. The molecule has 0 saturated heterocycles. The van der Waals surface area contributed by atoms with Gasteiger partial charge in [-0.25, -0.2) is 0 Å². The normalized spacial score (nSPS) is 11.4. The van der Waals surface area contributed by atoms with Crippen LogP contribution in [0.2, 0.25) is 0 Å². The van der Waals surface area contributed by atoms with Crippen molar-refractivity contribution in [1.29, 1.82) is 0 Å². The van der Waals surface area contributed by atoms with Crippen molar-refractivity contribution in [3.63, 3.8) is 0 Å². The summed E-state index contributed by atoms with van der Waals surface area (Å²) in [6, 6.07) is 9.66. The van der Waals surface area contributed by atoms with Crippen molar-refractivity contribution in [2.45, 2.75) is 0 Å². The minimum Gasteiger partial charge on any atom is -0.399 e. The SMILES string of the molecule is Cn1c2ccc(N)cc2n2c(-c3ccncc3)nnc12. The standard InChI is InChI=1S/C14H12N6/c1-19-11-3-2-10(15)8-12(11)20-13(17-18-14(19)20)9-4-6-16-7-5-9/h2-8H,15H2,1H3. The smallest absolute Gasteiger partial charge is 0.236 e. The van der Waals surface area contributed by atoms with Crippen molar-refractivity contribution in [1.82, 2.24) is 24.1 Å². The first kappa shape index (κ1) is 11.0. The van der Waals surface area contributed by atoms with E-state index in [4.69, 9.17) is 5.73 Å². The lowest BCUT2D eigenvalue weighted by Gasteiger charge is -1.99. The topological polar surface area (TPSA) is 74.0 Å². The molecule has 20 heavy (non-hydrogen) atoms. The van der Waals surface area contributed by atoms with E-state index in [1.54, 1.807) is 12.4 Å². The molecule has 0 atom stereocenters. The van der Waals surface area contributed by atoms with Gasteiger partial charge in [0.05, 0.1) is 11.0 Å². The summed E-state index contributed by atoms with van der Waals surface area (Å²) in [6.07, 6.45) is 3.49. The fraction of sp³-hybridized carbons (Fsp3) is 0.0714. The van der Waals surface area contributed by atoms with E-state index in [2.05, 4.69) is 15.2 Å². The molecule has 6 heteroatoms. The molecule has 3 aromatic heterocycles. The summed E-state index contributed by atoms with van der Waals surface area (Å²) < 4.78 is 4.02. The number of anilines is 1. The maximum absolute atomic E-state index is 5.91. The Morgan fingerprint density at radius 2 is 1.80 bits per heavy atom. The first-order chi connectivity index (χ1) is 9.75. The molecule has 0 bridgehead atoms. The molecule has 0 spiro atoms. The quantitative estimate of drug-likeness (QED) is 0.532. The third kappa shape index (κ3) is 1.36. The van der Waals surface area contributed by atoms with Crippen molar-refractivity contribution in [3.8, 4) is 11.4 Å². The van der Waals surface area contributed by atoms with Gasteiger partial charge in [-0.3, -0.25) is 9.38 Å². The Balaban J connectivity index is 2.16. The van der Waals surface area contributed by atoms with Crippen LogP contribution in [0.1, 0.15) is 0 Å². The van der Waals surface area contributed by atoms with E-state index in [0.29, 0.717) is 0 Å². The van der Waals surface area contributed by atoms with E-state index in [0.717, 1.165) is 33.9 Å². The summed E-state index contributed by atoms with van der Waals surface area (Å²) in [6.45, 7) is 0. The molecule has 0 aliphatic heterocycles. The van der Waals surface area contributed by atoms with E-state index in [-0.39, 0.29) is 0 Å². The van der Waals surface area contributed by atoms with Gasteiger partial charge in [-0.15, -0.1) is 10.2 Å². The monoisotopic (exact) mass is 264 g/mol. The zero-order chi connectivity index (χ0) is 13.7. The number of nitrogens with two attached hydrogens (primary N) is 1. The highest BCUT2D eigenvalue weighted by molar-refractivity contribution is 5.85. The first-order valence-corrected chi connectivity index (χ1v) is 6.25. The van der Waals surface area contributed by atoms with Crippen molar-refractivity contribution < 1.29 is 0 Å². The average Bonchev–Trinajstić information content (AvgIpc) is 3.01. The maximum atomic E-state index is 5.91. The zero-order valence-corrected chi connectivity index (χ0v) is 10.9. The molecule has 0 aliphatic carbocycles. The lowest BCUT2D eigenvalue weighted by Crippen LogP contribution is -1.90. The third-order valence-electron chi connectivity index (χ3n) is 3.49. The van der Waals surface area contributed by atoms with Gasteiger partial charge in [0.25, 0.3) is 0 Å². The number of nitrogens with zero attached hydrogens (tertiary/aromatic N) is 5. The highest BCUT2D eigenvalue weighted by atomic mass is 15.3. The van der Waals surface area contributed by atoms with Gasteiger partial charge in [0.1, 0.15) is 0 Å². The average molecular weight is 264 g/mol. The number of aromatic nitrogens is 5. The van der Waals surface area contributed by atoms with Crippen LogP contribution in [-0.4, -0.2) is 24.1 Å². The molecule has 0 aliphatic rings. The summed E-state index contributed by atoms with van der Waals surface area (Å²) in [7, 11) is 1.97. The van der Waals surface area contributed by atoms with E-state index in [9.17, 15) is 0 Å². The number of pyridine rings is 1. The van der Waals surface area contributed by atoms with Gasteiger partial charge in [-0.2, -0.15) is 0 Å². The predicted molar refractivity (Wildman–Crippen MR) is 77.1 cm³/mol. The molecule has 4 rings (SSSR count). The first-order valence-electron chi connectivity index (χ1n) is 6.25. The highest BCUT2D eigenvalue weighted by Gasteiger charge is 2.15. The molecule has 6 nitrogen and oxygen atoms in total. The van der Waals surface area contributed by atoms with Gasteiger partial charge in [-0.05, 0) is 30.3 Å². The van der Waals surface area contributed by atoms with Crippen LogP contribution < -0.4 is 5.73 Å². The molecule has 1 aromatic carbocycles. The van der Waals surface area contributed by atoms with Crippen LogP contribution >= 0.6 is 0 Å². The maximum Gasteiger partial charge on any atom is 0.236 e. The van der Waals surface area contributed by atoms with Gasteiger partial charge >= 0.3 is 0 Å². The number of benzene rings is 1. The van der Waals surface area contributed by atoms with Crippen LogP contribution in [0.25, 0.3) is 28.2 Å². The number of imidazole rings is 1. The van der Waals surface area contributed by atoms with Crippen molar-refractivity contribution in [2.24, 2.45) is 7.05 Å². The Morgan fingerprint density at radius 3 is 2.60 bits per heavy atom. The van der Waals surface area contributed by atoms with Gasteiger partial charge in [0.2, 0.25) is 5.78 Å². The Bertz CT molecular complexity index is 919. The summed E-state index contributed by atoms with van der Waals surface area (Å²) in [5.74, 6) is 1.58. The fourth-order valence-corrected chi connectivity index (χ4v) is 2.51. The molecule has 0 saturated carbocycles. The van der Waals surface area contributed by atoms with Crippen LogP contribution in [-0.2, 0) is 7.05 Å². The van der Waals surface area contributed by atoms with Crippen molar-refractivity contribution in [3.05, 3.63) is 42.7 Å². The lowest BCUT2D eigenvalue weighted by molar-refractivity contribution is 0.954. The van der Waals surface area contributed by atoms with Gasteiger partial charge in [0.15, 0.2) is 5.82 Å². The third-order valence-corrected chi connectivity index (χ3v) is 3.49. The second kappa shape index (κ2) is 3.80. The van der Waals surface area contributed by atoms with Crippen molar-refractivity contribution in [2.75, 3.05) is 5.73 Å². The summed E-state index contributed by atoms with van der Waals surface area (Å²) in [5.41, 5.74) is 9.67. The highest BCUT2D eigenvalue weighted by Crippen LogP contribution is 2.26. The predicted octanol–water partition coefficient (Wildman–Crippen LogP) is 1.87. The molecule has 3 heterocycles. The van der Waals surface area contributed by atoms with E-state index in [1.165, 1.54) is 0 Å². The van der Waals surface area contributed by atoms with Gasteiger partial charge in [-0.1, -0.05) is 0 Å². The lowest BCUT2D eigenvalue weighted by atomic mass is 10.2. The van der Waals surface area contributed by atoms with Crippen LogP contribution in [0.4, 0.5) is 5.69 Å². The summed E-state index contributed by atoms with van der Waals surface area (Å²) >= 11 is 0. The molecule has 4 aromatic rings. The Labute approximate surface area is 114 Å². The minimum absolute atomic E-state index is 0.722. The second-order valence-electron chi connectivity index (χ2n) is 4.70. The number of hydrogen-bond donors (Lipinski definition) is 1. The van der Waals surface area contributed by atoms with Gasteiger partial charge < -0.3 is 10.3 Å². The van der Waals surface area contributed by atoms with Crippen LogP contribution in [0.3, 0.4) is 0 Å². The minimum atomic E-state index is 0.722. The van der Waals surface area contributed by atoms with Crippen LogP contribution in [0.15, 0.2) is 42.7 Å². The molecular formula is C14H12N6. The molecule has 2 N–H and O–H groups in total. The number of hydrogen-bond acceptors (Lipinski definition) is 4. The Morgan fingerprint density at radius 1 is 1.00 bits per heavy atom. The molecule has 0 fully saturated rings. The van der Waals surface area contributed by atoms with E-state index < -0.39 is 0 Å². The van der Waals surface area contributed by atoms with Crippen LogP contribution in [0, 0.1) is 0 Å². The Hall–Kier alpha value is -2.89. The van der Waals surface area contributed by atoms with E-state index in [1.807, 2.05) is 46.3 Å². The summed E-state index contributed by atoms with van der Waals surface area (Å²) in [4.78, 5) is 4.03. The van der Waals surface area contributed by atoms with Crippen LogP contribution in [0.5, 0.6) is 0 Å². The molecule has 0 unspecified atom stereocenters. The van der Waals surface area contributed by atoms with Gasteiger partial charge in [0, 0.05) is 30.7 Å². The number of aryl methyl sites for hydroxylation is 1. The molecular weight excluding hydrogens is 252 g/mol. The van der Waals surface area contributed by atoms with Crippen molar-refractivity contribution >= 4 is 22.5 Å². The molecule has 98 valence electrons. The number of rotatable bonds is 1.